The number of aliphatic imine (C=N–C) groups is 1. The molecule has 0 bridgehead atoms. The number of fused-ring (bicyclic) bond motifs is 1. The summed E-state index contributed by atoms with van der Waals surface area (Å²) in [6.45, 7) is 5.85. The molecule has 3 aromatic carbocycles. The minimum atomic E-state index is -0.0973. The van der Waals surface area contributed by atoms with Crippen LogP contribution in [0.15, 0.2) is 70.5 Å². The lowest BCUT2D eigenvalue weighted by molar-refractivity contribution is 0.924. The van der Waals surface area contributed by atoms with Crippen molar-refractivity contribution in [2.45, 2.75) is 20.8 Å². The minimum absolute atomic E-state index is 0.0973. The van der Waals surface area contributed by atoms with Crippen molar-refractivity contribution in [2.75, 3.05) is 5.73 Å². The van der Waals surface area contributed by atoms with Crippen LogP contribution in [0.4, 0.5) is 11.4 Å². The summed E-state index contributed by atoms with van der Waals surface area (Å²) in [5.74, 6) is 0.546. The molecule has 31 heavy (non-hydrogen) atoms. The highest BCUT2D eigenvalue weighted by Gasteiger charge is 2.14. The highest BCUT2D eigenvalue weighted by Crippen LogP contribution is 2.27. The van der Waals surface area contributed by atoms with Crippen molar-refractivity contribution in [1.82, 2.24) is 9.55 Å². The average Bonchev–Trinajstić information content (AvgIpc) is 2.76. The van der Waals surface area contributed by atoms with Gasteiger partial charge in [0, 0.05) is 6.21 Å². The number of benzene rings is 3. The summed E-state index contributed by atoms with van der Waals surface area (Å²) in [4.78, 5) is 22.6. The highest BCUT2D eigenvalue weighted by molar-refractivity contribution is 5.84. The molecule has 4 aromatic rings. The van der Waals surface area contributed by atoms with E-state index in [-0.39, 0.29) is 5.56 Å². The second kappa shape index (κ2) is 8.40. The first-order valence-corrected chi connectivity index (χ1v) is 10.1. The Bertz CT molecular complexity index is 1380. The Morgan fingerprint density at radius 3 is 2.39 bits per heavy atom. The van der Waals surface area contributed by atoms with Crippen LogP contribution in [0.2, 0.25) is 0 Å². The number of nitrogens with two attached hydrogens (primary N) is 1. The molecule has 4 rings (SSSR count). The zero-order valence-electron chi connectivity index (χ0n) is 17.8. The van der Waals surface area contributed by atoms with Gasteiger partial charge in [-0.15, -0.1) is 0 Å². The highest BCUT2D eigenvalue weighted by atomic mass is 16.1. The van der Waals surface area contributed by atoms with Gasteiger partial charge in [0.05, 0.1) is 28.0 Å². The molecule has 0 aliphatic rings. The van der Waals surface area contributed by atoms with E-state index in [1.165, 1.54) is 0 Å². The smallest absolute Gasteiger partial charge is 0.266 e. The topological polar surface area (TPSA) is 73.3 Å². The molecule has 1 aromatic heterocycles. The Balaban J connectivity index is 1.97. The summed E-state index contributed by atoms with van der Waals surface area (Å²) in [6.07, 6.45) is 5.43. The van der Waals surface area contributed by atoms with Crippen LogP contribution >= 0.6 is 0 Å². The van der Waals surface area contributed by atoms with E-state index in [0.29, 0.717) is 28.1 Å². The predicted octanol–water partition coefficient (Wildman–Crippen LogP) is 5.48. The fourth-order valence-corrected chi connectivity index (χ4v) is 3.77. The SMILES string of the molecule is CC=Nc1cccc(/C=C/c2nc3ccccc3c(=O)n2-c2c(C)cccc2C)c1N. The normalized spacial score (nSPS) is 11.7. The molecule has 0 unspecified atom stereocenters. The number of para-hydroxylation sites is 3. The van der Waals surface area contributed by atoms with E-state index in [2.05, 4.69) is 4.99 Å². The summed E-state index contributed by atoms with van der Waals surface area (Å²) in [5, 5.41) is 0.584. The molecule has 2 N–H and O–H groups in total. The van der Waals surface area contributed by atoms with Crippen LogP contribution in [0, 0.1) is 13.8 Å². The van der Waals surface area contributed by atoms with Crippen LogP contribution in [0.25, 0.3) is 28.7 Å². The summed E-state index contributed by atoms with van der Waals surface area (Å²) >= 11 is 0. The third-order valence-corrected chi connectivity index (χ3v) is 5.26. The van der Waals surface area contributed by atoms with Crippen LogP contribution in [0.5, 0.6) is 0 Å². The maximum atomic E-state index is 13.5. The van der Waals surface area contributed by atoms with E-state index >= 15 is 0 Å². The minimum Gasteiger partial charge on any atom is -0.396 e. The monoisotopic (exact) mass is 408 g/mol. The van der Waals surface area contributed by atoms with Gasteiger partial charge in [-0.3, -0.25) is 14.4 Å². The number of aromatic nitrogens is 2. The molecule has 0 aliphatic heterocycles. The van der Waals surface area contributed by atoms with Crippen molar-refractivity contribution in [3.05, 3.63) is 93.5 Å². The Labute approximate surface area is 181 Å². The fraction of sp³-hybridized carbons (Fsp3) is 0.115. The lowest BCUT2D eigenvalue weighted by Gasteiger charge is -2.16. The molecule has 0 aliphatic carbocycles. The maximum absolute atomic E-state index is 13.5. The fourth-order valence-electron chi connectivity index (χ4n) is 3.77. The largest absolute Gasteiger partial charge is 0.396 e. The standard InChI is InChI=1S/C26H24N4O/c1-4-28-22-14-8-11-19(24(22)27)15-16-23-29-21-13-6-5-12-20(21)26(31)30(23)25-17(2)9-7-10-18(25)3/h4-16H,27H2,1-3H3/b16-15+,28-4?. The molecule has 0 saturated carbocycles. The van der Waals surface area contributed by atoms with Gasteiger partial charge in [0.2, 0.25) is 0 Å². The number of hydrogen-bond acceptors (Lipinski definition) is 4. The zero-order valence-corrected chi connectivity index (χ0v) is 17.8. The molecular weight excluding hydrogens is 384 g/mol. The first-order valence-electron chi connectivity index (χ1n) is 10.1. The van der Waals surface area contributed by atoms with Gasteiger partial charge in [-0.1, -0.05) is 42.5 Å². The summed E-state index contributed by atoms with van der Waals surface area (Å²) in [7, 11) is 0. The number of nitrogen functional groups attached to an aromatic ring is 1. The average molecular weight is 409 g/mol. The number of hydrogen-bond donors (Lipinski definition) is 1. The Morgan fingerprint density at radius 2 is 1.65 bits per heavy atom. The molecular formula is C26H24N4O. The van der Waals surface area contributed by atoms with E-state index < -0.39 is 0 Å². The molecule has 5 nitrogen and oxygen atoms in total. The first kappa shape index (κ1) is 20.3. The number of rotatable bonds is 4. The van der Waals surface area contributed by atoms with Gasteiger partial charge in [-0.25, -0.2) is 4.98 Å². The van der Waals surface area contributed by atoms with Gasteiger partial charge in [0.15, 0.2) is 0 Å². The van der Waals surface area contributed by atoms with Gasteiger partial charge in [-0.05, 0) is 67.8 Å². The first-order chi connectivity index (χ1) is 15.0. The van der Waals surface area contributed by atoms with Crippen molar-refractivity contribution < 1.29 is 0 Å². The van der Waals surface area contributed by atoms with Crippen molar-refractivity contribution in [1.29, 1.82) is 0 Å². The van der Waals surface area contributed by atoms with E-state index in [4.69, 9.17) is 10.7 Å². The number of nitrogens with zero attached hydrogens (tertiary/aromatic N) is 3. The molecule has 5 heteroatoms. The summed E-state index contributed by atoms with van der Waals surface area (Å²) < 4.78 is 1.69. The van der Waals surface area contributed by atoms with E-state index in [1.54, 1.807) is 10.8 Å². The number of aryl methyl sites for hydroxylation is 2. The molecule has 0 spiro atoms. The van der Waals surface area contributed by atoms with Crippen LogP contribution < -0.4 is 11.3 Å². The second-order valence-electron chi connectivity index (χ2n) is 7.37. The molecule has 154 valence electrons. The van der Waals surface area contributed by atoms with Gasteiger partial charge >= 0.3 is 0 Å². The quantitative estimate of drug-likeness (QED) is 0.359. The van der Waals surface area contributed by atoms with Crippen LogP contribution in [0.1, 0.15) is 29.4 Å². The van der Waals surface area contributed by atoms with E-state index in [1.807, 2.05) is 93.6 Å². The van der Waals surface area contributed by atoms with Crippen LogP contribution in [-0.4, -0.2) is 15.8 Å². The molecule has 0 fully saturated rings. The van der Waals surface area contributed by atoms with Gasteiger partial charge < -0.3 is 5.73 Å². The van der Waals surface area contributed by atoms with E-state index in [9.17, 15) is 4.79 Å². The van der Waals surface area contributed by atoms with Gasteiger partial charge in [0.1, 0.15) is 5.82 Å². The van der Waals surface area contributed by atoms with E-state index in [0.717, 1.165) is 22.4 Å². The third kappa shape index (κ3) is 3.78. The molecule has 0 saturated heterocycles. The third-order valence-electron chi connectivity index (χ3n) is 5.26. The zero-order chi connectivity index (χ0) is 22.0. The van der Waals surface area contributed by atoms with Crippen molar-refractivity contribution in [3.8, 4) is 5.69 Å². The molecule has 0 amide bonds. The van der Waals surface area contributed by atoms with Crippen molar-refractivity contribution in [2.24, 2.45) is 4.99 Å². The Morgan fingerprint density at radius 1 is 0.935 bits per heavy atom. The Kier molecular flexibility index (Phi) is 5.50. The van der Waals surface area contributed by atoms with Crippen molar-refractivity contribution >= 4 is 40.6 Å². The predicted molar refractivity (Wildman–Crippen MR) is 130 cm³/mol. The second-order valence-corrected chi connectivity index (χ2v) is 7.37. The summed E-state index contributed by atoms with van der Waals surface area (Å²) in [5.41, 5.74) is 11.8. The van der Waals surface area contributed by atoms with Gasteiger partial charge in [-0.2, -0.15) is 0 Å². The lowest BCUT2D eigenvalue weighted by Crippen LogP contribution is -2.23. The van der Waals surface area contributed by atoms with Crippen LogP contribution in [-0.2, 0) is 0 Å². The van der Waals surface area contributed by atoms with Crippen LogP contribution in [0.3, 0.4) is 0 Å². The molecule has 0 atom stereocenters. The Hall–Kier alpha value is -3.99. The number of anilines is 1. The van der Waals surface area contributed by atoms with Gasteiger partial charge in [0.25, 0.3) is 5.56 Å². The maximum Gasteiger partial charge on any atom is 0.266 e. The molecule has 1 heterocycles. The molecule has 0 radical (unpaired) electrons. The summed E-state index contributed by atoms with van der Waals surface area (Å²) in [6, 6.07) is 19.1. The lowest BCUT2D eigenvalue weighted by atomic mass is 10.1. The van der Waals surface area contributed by atoms with Crippen molar-refractivity contribution in [3.63, 3.8) is 0 Å².